The first-order valence-electron chi connectivity index (χ1n) is 6.00. The van der Waals surface area contributed by atoms with Crippen LogP contribution >= 0.6 is 11.6 Å². The Labute approximate surface area is 106 Å². The molecule has 92 valence electrons. The number of nitrogen functional groups attached to an aromatic ring is 1. The zero-order valence-electron chi connectivity index (χ0n) is 9.71. The Morgan fingerprint density at radius 1 is 1.41 bits per heavy atom. The van der Waals surface area contributed by atoms with Gasteiger partial charge in [0.2, 0.25) is 5.91 Å². The Morgan fingerprint density at radius 3 is 2.76 bits per heavy atom. The van der Waals surface area contributed by atoms with Gasteiger partial charge in [-0.25, -0.2) is 0 Å². The predicted octanol–water partition coefficient (Wildman–Crippen LogP) is 3.44. The molecular weight excluding hydrogens is 236 g/mol. The minimum absolute atomic E-state index is 0.0674. The van der Waals surface area contributed by atoms with Crippen LogP contribution < -0.4 is 11.1 Å². The average Bonchev–Trinajstić information content (AvgIpc) is 2.76. The van der Waals surface area contributed by atoms with Crippen LogP contribution in [0.25, 0.3) is 0 Å². The summed E-state index contributed by atoms with van der Waals surface area (Å²) in [5, 5.41) is 3.33. The molecule has 1 aromatic carbocycles. The first-order chi connectivity index (χ1) is 8.15. The molecule has 0 unspecified atom stereocenters. The van der Waals surface area contributed by atoms with E-state index in [1.807, 2.05) is 0 Å². The van der Waals surface area contributed by atoms with Crippen molar-refractivity contribution in [2.75, 3.05) is 11.1 Å². The third-order valence-corrected chi connectivity index (χ3v) is 3.56. The number of anilines is 2. The lowest BCUT2D eigenvalue weighted by Crippen LogP contribution is -2.15. The number of nitrogens with one attached hydrogen (secondary N) is 1. The molecule has 17 heavy (non-hydrogen) atoms. The summed E-state index contributed by atoms with van der Waals surface area (Å²) in [5.41, 5.74) is 6.85. The summed E-state index contributed by atoms with van der Waals surface area (Å²) in [6.45, 7) is 0. The fourth-order valence-electron chi connectivity index (χ4n) is 2.29. The third kappa shape index (κ3) is 3.37. The molecule has 1 amide bonds. The van der Waals surface area contributed by atoms with E-state index in [0.29, 0.717) is 28.7 Å². The predicted molar refractivity (Wildman–Crippen MR) is 71.1 cm³/mol. The topological polar surface area (TPSA) is 55.1 Å². The number of benzene rings is 1. The van der Waals surface area contributed by atoms with E-state index in [1.165, 1.54) is 25.7 Å². The van der Waals surface area contributed by atoms with Crippen molar-refractivity contribution in [2.45, 2.75) is 32.1 Å². The van der Waals surface area contributed by atoms with Gasteiger partial charge in [-0.3, -0.25) is 4.79 Å². The quantitative estimate of drug-likeness (QED) is 0.810. The largest absolute Gasteiger partial charge is 0.398 e. The van der Waals surface area contributed by atoms with Crippen molar-refractivity contribution in [2.24, 2.45) is 5.92 Å². The highest BCUT2D eigenvalue weighted by Gasteiger charge is 2.18. The number of hydrogen-bond donors (Lipinski definition) is 2. The van der Waals surface area contributed by atoms with Crippen LogP contribution in [-0.4, -0.2) is 5.91 Å². The monoisotopic (exact) mass is 252 g/mol. The number of amides is 1. The molecule has 0 heterocycles. The summed E-state index contributed by atoms with van der Waals surface area (Å²) in [7, 11) is 0. The summed E-state index contributed by atoms with van der Waals surface area (Å²) < 4.78 is 0. The minimum Gasteiger partial charge on any atom is -0.398 e. The minimum atomic E-state index is 0.0674. The van der Waals surface area contributed by atoms with Crippen LogP contribution in [0, 0.1) is 5.92 Å². The normalized spacial score (nSPS) is 16.1. The van der Waals surface area contributed by atoms with E-state index in [-0.39, 0.29) is 5.91 Å². The number of nitrogens with two attached hydrogens (primary N) is 1. The second-order valence-corrected chi connectivity index (χ2v) is 5.05. The second kappa shape index (κ2) is 5.41. The maximum atomic E-state index is 11.8. The van der Waals surface area contributed by atoms with E-state index in [4.69, 9.17) is 17.3 Å². The van der Waals surface area contributed by atoms with Crippen molar-refractivity contribution in [3.63, 3.8) is 0 Å². The van der Waals surface area contributed by atoms with Gasteiger partial charge < -0.3 is 11.1 Å². The molecule has 0 spiro atoms. The highest BCUT2D eigenvalue weighted by molar-refractivity contribution is 6.33. The van der Waals surface area contributed by atoms with E-state index in [2.05, 4.69) is 5.32 Å². The van der Waals surface area contributed by atoms with Crippen LogP contribution in [0.4, 0.5) is 11.4 Å². The number of rotatable bonds is 3. The van der Waals surface area contributed by atoms with Crippen molar-refractivity contribution in [3.8, 4) is 0 Å². The Kier molecular flexibility index (Phi) is 3.89. The lowest BCUT2D eigenvalue weighted by molar-refractivity contribution is -0.117. The van der Waals surface area contributed by atoms with E-state index in [1.54, 1.807) is 18.2 Å². The van der Waals surface area contributed by atoms with E-state index >= 15 is 0 Å². The zero-order valence-corrected chi connectivity index (χ0v) is 10.5. The number of hydrogen-bond acceptors (Lipinski definition) is 2. The molecule has 1 saturated carbocycles. The van der Waals surface area contributed by atoms with Gasteiger partial charge in [0.05, 0.1) is 10.7 Å². The fourth-order valence-corrected chi connectivity index (χ4v) is 2.47. The van der Waals surface area contributed by atoms with Gasteiger partial charge in [0.1, 0.15) is 0 Å². The molecule has 3 nitrogen and oxygen atoms in total. The Balaban J connectivity index is 1.90. The number of halogens is 1. The second-order valence-electron chi connectivity index (χ2n) is 4.64. The van der Waals surface area contributed by atoms with Crippen LogP contribution in [0.5, 0.6) is 0 Å². The maximum absolute atomic E-state index is 11.8. The maximum Gasteiger partial charge on any atom is 0.224 e. The van der Waals surface area contributed by atoms with E-state index in [9.17, 15) is 4.79 Å². The summed E-state index contributed by atoms with van der Waals surface area (Å²) in [5.74, 6) is 0.622. The van der Waals surface area contributed by atoms with E-state index < -0.39 is 0 Å². The van der Waals surface area contributed by atoms with Crippen LogP contribution in [0.1, 0.15) is 32.1 Å². The molecule has 1 aromatic rings. The van der Waals surface area contributed by atoms with Crippen LogP contribution in [-0.2, 0) is 4.79 Å². The Bertz CT molecular complexity index is 414. The Hall–Kier alpha value is -1.22. The summed E-state index contributed by atoms with van der Waals surface area (Å²) in [4.78, 5) is 11.8. The molecule has 0 aromatic heterocycles. The van der Waals surface area contributed by atoms with Crippen molar-refractivity contribution in [1.29, 1.82) is 0 Å². The van der Waals surface area contributed by atoms with Crippen LogP contribution in [0.15, 0.2) is 18.2 Å². The molecule has 0 bridgehead atoms. The highest BCUT2D eigenvalue weighted by Crippen LogP contribution is 2.28. The first kappa shape index (κ1) is 12.2. The highest BCUT2D eigenvalue weighted by atomic mass is 35.5. The summed E-state index contributed by atoms with van der Waals surface area (Å²) in [6, 6.07) is 5.16. The van der Waals surface area contributed by atoms with Gasteiger partial charge in [0, 0.05) is 12.1 Å². The molecule has 2 rings (SSSR count). The average molecular weight is 253 g/mol. The molecule has 1 aliphatic rings. The molecular formula is C13H17ClN2O. The van der Waals surface area contributed by atoms with Gasteiger partial charge in [-0.1, -0.05) is 24.4 Å². The van der Waals surface area contributed by atoms with Crippen molar-refractivity contribution in [3.05, 3.63) is 23.2 Å². The Morgan fingerprint density at radius 2 is 2.12 bits per heavy atom. The summed E-state index contributed by atoms with van der Waals surface area (Å²) in [6.07, 6.45) is 5.48. The van der Waals surface area contributed by atoms with Gasteiger partial charge >= 0.3 is 0 Å². The molecule has 1 fully saturated rings. The lowest BCUT2D eigenvalue weighted by atomic mass is 10.0. The lowest BCUT2D eigenvalue weighted by Gasteiger charge is -2.10. The van der Waals surface area contributed by atoms with Gasteiger partial charge in [-0.15, -0.1) is 0 Å². The molecule has 4 heteroatoms. The van der Waals surface area contributed by atoms with Crippen molar-refractivity contribution >= 4 is 28.9 Å². The standard InChI is InChI=1S/C13H17ClN2O/c14-11-8-10(5-6-12(11)15)16-13(17)7-9-3-1-2-4-9/h5-6,8-9H,1-4,7,15H2,(H,16,17). The van der Waals surface area contributed by atoms with Crippen molar-refractivity contribution < 1.29 is 4.79 Å². The molecule has 0 radical (unpaired) electrons. The molecule has 3 N–H and O–H groups in total. The molecule has 1 aliphatic carbocycles. The zero-order chi connectivity index (χ0) is 12.3. The van der Waals surface area contributed by atoms with Crippen LogP contribution in [0.3, 0.4) is 0 Å². The van der Waals surface area contributed by atoms with Gasteiger partial charge in [0.15, 0.2) is 0 Å². The first-order valence-corrected chi connectivity index (χ1v) is 6.38. The van der Waals surface area contributed by atoms with E-state index in [0.717, 1.165) is 0 Å². The summed E-state index contributed by atoms with van der Waals surface area (Å²) >= 11 is 5.89. The fraction of sp³-hybridized carbons (Fsp3) is 0.462. The smallest absolute Gasteiger partial charge is 0.224 e. The molecule has 0 atom stereocenters. The molecule has 0 aliphatic heterocycles. The third-order valence-electron chi connectivity index (χ3n) is 3.23. The molecule has 0 saturated heterocycles. The number of carbonyl (C=O) groups is 1. The van der Waals surface area contributed by atoms with Gasteiger partial charge in [-0.2, -0.15) is 0 Å². The number of carbonyl (C=O) groups excluding carboxylic acids is 1. The van der Waals surface area contributed by atoms with Crippen molar-refractivity contribution in [1.82, 2.24) is 0 Å². The van der Waals surface area contributed by atoms with Gasteiger partial charge in [-0.05, 0) is 37.0 Å². The van der Waals surface area contributed by atoms with Gasteiger partial charge in [0.25, 0.3) is 0 Å². The SMILES string of the molecule is Nc1ccc(NC(=O)CC2CCCC2)cc1Cl. The van der Waals surface area contributed by atoms with Crippen LogP contribution in [0.2, 0.25) is 5.02 Å².